The zero-order chi connectivity index (χ0) is 11.7. The van der Waals surface area contributed by atoms with Crippen molar-refractivity contribution in [3.63, 3.8) is 0 Å². The molecule has 2 rings (SSSR count). The van der Waals surface area contributed by atoms with Crippen LogP contribution in [0.25, 0.3) is 0 Å². The van der Waals surface area contributed by atoms with Crippen molar-refractivity contribution in [2.24, 2.45) is 17.6 Å². The van der Waals surface area contributed by atoms with Gasteiger partial charge in [-0.15, -0.1) is 0 Å². The maximum Gasteiger partial charge on any atom is 0.0110 e. The standard InChI is InChI=1S/C14H28N2/c1-10-5-4-6-13(9-10)16-8-7-14(15)11(2)12(16)3/h10-14H,4-9,15H2,1-3H3. The summed E-state index contributed by atoms with van der Waals surface area (Å²) in [5.74, 6) is 1.59. The van der Waals surface area contributed by atoms with Crippen LogP contribution in [0, 0.1) is 11.8 Å². The summed E-state index contributed by atoms with van der Waals surface area (Å²) in [6, 6.07) is 1.94. The summed E-state index contributed by atoms with van der Waals surface area (Å²) in [4.78, 5) is 2.75. The molecule has 2 heteroatoms. The Kier molecular flexibility index (Phi) is 3.91. The van der Waals surface area contributed by atoms with E-state index in [1.165, 1.54) is 38.6 Å². The lowest BCUT2D eigenvalue weighted by Crippen LogP contribution is -2.55. The third kappa shape index (κ3) is 2.43. The third-order valence-electron chi connectivity index (χ3n) is 5.06. The fourth-order valence-corrected chi connectivity index (χ4v) is 3.64. The number of likely N-dealkylation sites (tertiary alicyclic amines) is 1. The van der Waals surface area contributed by atoms with Crippen LogP contribution in [-0.2, 0) is 0 Å². The molecule has 0 spiro atoms. The molecule has 16 heavy (non-hydrogen) atoms. The van der Waals surface area contributed by atoms with Gasteiger partial charge in [-0.2, -0.15) is 0 Å². The van der Waals surface area contributed by atoms with Crippen molar-refractivity contribution in [2.75, 3.05) is 6.54 Å². The summed E-state index contributed by atoms with van der Waals surface area (Å²) in [5.41, 5.74) is 6.16. The van der Waals surface area contributed by atoms with Crippen molar-refractivity contribution >= 4 is 0 Å². The van der Waals surface area contributed by atoms with Crippen molar-refractivity contribution in [1.29, 1.82) is 0 Å². The van der Waals surface area contributed by atoms with E-state index >= 15 is 0 Å². The fraction of sp³-hybridized carbons (Fsp3) is 1.00. The Morgan fingerprint density at radius 1 is 1.06 bits per heavy atom. The van der Waals surface area contributed by atoms with Crippen molar-refractivity contribution in [1.82, 2.24) is 4.90 Å². The average Bonchev–Trinajstić information content (AvgIpc) is 2.26. The van der Waals surface area contributed by atoms with Gasteiger partial charge in [-0.3, -0.25) is 4.90 Å². The fourth-order valence-electron chi connectivity index (χ4n) is 3.64. The molecule has 0 aromatic carbocycles. The molecule has 0 bridgehead atoms. The minimum atomic E-state index is 0.423. The molecule has 0 aromatic heterocycles. The minimum Gasteiger partial charge on any atom is -0.327 e. The lowest BCUT2D eigenvalue weighted by atomic mass is 9.81. The number of nitrogens with two attached hydrogens (primary N) is 1. The van der Waals surface area contributed by atoms with Crippen LogP contribution in [0.3, 0.4) is 0 Å². The van der Waals surface area contributed by atoms with E-state index in [-0.39, 0.29) is 0 Å². The molecule has 5 atom stereocenters. The second-order valence-corrected chi connectivity index (χ2v) is 6.22. The average molecular weight is 224 g/mol. The Bertz CT molecular complexity index is 229. The van der Waals surface area contributed by atoms with E-state index in [9.17, 15) is 0 Å². The highest BCUT2D eigenvalue weighted by atomic mass is 15.2. The van der Waals surface area contributed by atoms with E-state index < -0.39 is 0 Å². The van der Waals surface area contributed by atoms with Crippen molar-refractivity contribution in [2.45, 2.75) is 71.0 Å². The molecule has 1 aliphatic heterocycles. The molecule has 1 heterocycles. The Labute approximate surface area is 101 Å². The summed E-state index contributed by atoms with van der Waals surface area (Å²) < 4.78 is 0. The number of nitrogens with zero attached hydrogens (tertiary/aromatic N) is 1. The number of piperidine rings is 1. The van der Waals surface area contributed by atoms with Gasteiger partial charge in [-0.25, -0.2) is 0 Å². The van der Waals surface area contributed by atoms with Crippen molar-refractivity contribution in [3.8, 4) is 0 Å². The molecule has 2 N–H and O–H groups in total. The van der Waals surface area contributed by atoms with Gasteiger partial charge < -0.3 is 5.73 Å². The van der Waals surface area contributed by atoms with Crippen LogP contribution in [0.15, 0.2) is 0 Å². The number of rotatable bonds is 1. The van der Waals surface area contributed by atoms with Gasteiger partial charge in [0.25, 0.3) is 0 Å². The van der Waals surface area contributed by atoms with Crippen LogP contribution < -0.4 is 5.73 Å². The van der Waals surface area contributed by atoms with Gasteiger partial charge in [0.15, 0.2) is 0 Å². The van der Waals surface area contributed by atoms with E-state index in [2.05, 4.69) is 25.7 Å². The summed E-state index contributed by atoms with van der Waals surface area (Å²) in [7, 11) is 0. The second kappa shape index (κ2) is 5.05. The Balaban J connectivity index is 1.98. The van der Waals surface area contributed by atoms with E-state index in [0.717, 1.165) is 12.0 Å². The second-order valence-electron chi connectivity index (χ2n) is 6.22. The summed E-state index contributed by atoms with van der Waals surface area (Å²) in [5, 5.41) is 0. The molecular formula is C14H28N2. The largest absolute Gasteiger partial charge is 0.327 e. The molecule has 1 aliphatic carbocycles. The SMILES string of the molecule is CC1CCCC(N2CCC(N)C(C)C2C)C1. The van der Waals surface area contributed by atoms with Gasteiger partial charge >= 0.3 is 0 Å². The first kappa shape index (κ1) is 12.4. The highest BCUT2D eigenvalue weighted by Crippen LogP contribution is 2.32. The van der Waals surface area contributed by atoms with Crippen LogP contribution in [0.1, 0.15) is 52.9 Å². The topological polar surface area (TPSA) is 29.3 Å². The smallest absolute Gasteiger partial charge is 0.0110 e. The molecule has 2 fully saturated rings. The molecule has 5 unspecified atom stereocenters. The molecule has 0 amide bonds. The number of hydrogen-bond donors (Lipinski definition) is 1. The van der Waals surface area contributed by atoms with Gasteiger partial charge in [0.05, 0.1) is 0 Å². The maximum atomic E-state index is 6.16. The number of hydrogen-bond acceptors (Lipinski definition) is 2. The zero-order valence-electron chi connectivity index (χ0n) is 11.2. The molecule has 1 saturated carbocycles. The van der Waals surface area contributed by atoms with Gasteiger partial charge in [0, 0.05) is 24.7 Å². The van der Waals surface area contributed by atoms with Crippen LogP contribution in [0.5, 0.6) is 0 Å². The van der Waals surface area contributed by atoms with E-state index in [1.54, 1.807) is 0 Å². The van der Waals surface area contributed by atoms with Crippen molar-refractivity contribution in [3.05, 3.63) is 0 Å². The summed E-state index contributed by atoms with van der Waals surface area (Å²) in [6.45, 7) is 8.34. The first-order chi connectivity index (χ1) is 7.59. The monoisotopic (exact) mass is 224 g/mol. The van der Waals surface area contributed by atoms with E-state index in [4.69, 9.17) is 5.73 Å². The molecule has 0 aromatic rings. The lowest BCUT2D eigenvalue weighted by Gasteiger charge is -2.47. The lowest BCUT2D eigenvalue weighted by molar-refractivity contribution is 0.0317. The predicted octanol–water partition coefficient (Wildman–Crippen LogP) is 2.62. The Hall–Kier alpha value is -0.0800. The summed E-state index contributed by atoms with van der Waals surface area (Å²) in [6.07, 6.45) is 6.88. The third-order valence-corrected chi connectivity index (χ3v) is 5.06. The highest BCUT2D eigenvalue weighted by molar-refractivity contribution is 4.91. The first-order valence-corrected chi connectivity index (χ1v) is 7.11. The maximum absolute atomic E-state index is 6.16. The Morgan fingerprint density at radius 3 is 2.50 bits per heavy atom. The van der Waals surface area contributed by atoms with Crippen LogP contribution in [-0.4, -0.2) is 29.6 Å². The van der Waals surface area contributed by atoms with Gasteiger partial charge in [0.2, 0.25) is 0 Å². The quantitative estimate of drug-likeness (QED) is 0.742. The highest BCUT2D eigenvalue weighted by Gasteiger charge is 2.35. The normalized spacial score (nSPS) is 46.9. The van der Waals surface area contributed by atoms with E-state index in [1.807, 2.05) is 0 Å². The van der Waals surface area contributed by atoms with Gasteiger partial charge in [0.1, 0.15) is 0 Å². The molecule has 0 radical (unpaired) electrons. The molecular weight excluding hydrogens is 196 g/mol. The molecule has 2 nitrogen and oxygen atoms in total. The molecule has 1 saturated heterocycles. The van der Waals surface area contributed by atoms with Gasteiger partial charge in [-0.1, -0.05) is 26.7 Å². The van der Waals surface area contributed by atoms with Crippen LogP contribution in [0.2, 0.25) is 0 Å². The minimum absolute atomic E-state index is 0.423. The van der Waals surface area contributed by atoms with Gasteiger partial charge in [-0.05, 0) is 38.0 Å². The first-order valence-electron chi connectivity index (χ1n) is 7.11. The molecule has 2 aliphatic rings. The predicted molar refractivity (Wildman–Crippen MR) is 69.3 cm³/mol. The van der Waals surface area contributed by atoms with E-state index in [0.29, 0.717) is 18.0 Å². The van der Waals surface area contributed by atoms with Crippen LogP contribution in [0.4, 0.5) is 0 Å². The summed E-state index contributed by atoms with van der Waals surface area (Å²) >= 11 is 0. The zero-order valence-corrected chi connectivity index (χ0v) is 11.2. The van der Waals surface area contributed by atoms with Crippen molar-refractivity contribution < 1.29 is 0 Å². The molecule has 94 valence electrons. The van der Waals surface area contributed by atoms with Crippen LogP contribution >= 0.6 is 0 Å². The Morgan fingerprint density at radius 2 is 1.81 bits per heavy atom.